The topological polar surface area (TPSA) is 110 Å². The number of hydrogen-bond acceptors (Lipinski definition) is 7. The van der Waals surface area contributed by atoms with E-state index in [0.717, 1.165) is 41.5 Å². The predicted molar refractivity (Wildman–Crippen MR) is 142 cm³/mol. The Morgan fingerprint density at radius 2 is 1.68 bits per heavy atom. The van der Waals surface area contributed by atoms with Crippen molar-refractivity contribution < 1.29 is 24.0 Å². The van der Waals surface area contributed by atoms with Gasteiger partial charge < -0.3 is 15.0 Å². The minimum atomic E-state index is -0.140. The number of benzene rings is 2. The van der Waals surface area contributed by atoms with Crippen molar-refractivity contribution in [1.82, 2.24) is 15.4 Å². The fraction of sp³-hybridized carbons (Fsp3) is 0.407. The van der Waals surface area contributed by atoms with Crippen LogP contribution in [0.15, 0.2) is 48.5 Å². The number of morpholine rings is 1. The maximum atomic E-state index is 12.7. The Labute approximate surface area is 220 Å². The summed E-state index contributed by atoms with van der Waals surface area (Å²) in [5.41, 5.74) is 4.84. The summed E-state index contributed by atoms with van der Waals surface area (Å²) in [6.45, 7) is 2.65. The number of amides is 3. The average Bonchev–Trinajstić information content (AvgIpc) is 3.32. The molecule has 3 amide bonds. The van der Waals surface area contributed by atoms with Gasteiger partial charge in [-0.25, -0.2) is 10.5 Å². The molecule has 9 nitrogen and oxygen atoms in total. The highest BCUT2D eigenvalue weighted by Crippen LogP contribution is 2.27. The van der Waals surface area contributed by atoms with E-state index in [-0.39, 0.29) is 17.7 Å². The molecular formula is C27H32N4O5S. The molecular weight excluding hydrogens is 492 g/mol. The van der Waals surface area contributed by atoms with Gasteiger partial charge in [0, 0.05) is 31.5 Å². The van der Waals surface area contributed by atoms with E-state index in [9.17, 15) is 14.4 Å². The summed E-state index contributed by atoms with van der Waals surface area (Å²) in [6, 6.07) is 15.1. The van der Waals surface area contributed by atoms with Gasteiger partial charge >= 0.3 is 0 Å². The fourth-order valence-corrected chi connectivity index (χ4v) is 4.91. The lowest BCUT2D eigenvalue weighted by molar-refractivity contribution is -0.134. The van der Waals surface area contributed by atoms with Crippen LogP contribution in [0, 0.1) is 0 Å². The third-order valence-electron chi connectivity index (χ3n) is 6.01. The van der Waals surface area contributed by atoms with E-state index >= 15 is 0 Å². The molecule has 10 heteroatoms. The van der Waals surface area contributed by atoms with Gasteiger partial charge in [0.1, 0.15) is 0 Å². The van der Waals surface area contributed by atoms with Crippen LogP contribution in [0.1, 0.15) is 54.4 Å². The first-order valence-corrected chi connectivity index (χ1v) is 13.4. The highest BCUT2D eigenvalue weighted by Gasteiger charge is 2.19. The van der Waals surface area contributed by atoms with Gasteiger partial charge in [0.25, 0.3) is 5.91 Å². The number of hydroxylamine groups is 1. The van der Waals surface area contributed by atoms with Crippen molar-refractivity contribution >= 4 is 44.4 Å². The number of nitrogens with one attached hydrogen (secondary N) is 2. The Bertz CT molecular complexity index is 1190. The molecule has 0 spiro atoms. The zero-order chi connectivity index (χ0) is 25.9. The molecule has 1 aromatic heterocycles. The number of hydrogen-bond donors (Lipinski definition) is 2. The van der Waals surface area contributed by atoms with Crippen LogP contribution in [-0.4, -0.2) is 53.9 Å². The number of aromatic nitrogens is 1. The number of nitrogens with zero attached hydrogens (tertiary/aromatic N) is 2. The van der Waals surface area contributed by atoms with Gasteiger partial charge in [0.2, 0.25) is 11.8 Å². The molecule has 2 aromatic carbocycles. The standard InChI is InChI=1S/C27H32N4O5S/c32-24(10-6-1-2-7-11-25(33)30-36-19-20-8-4-3-5-9-20)29-27-28-22-13-12-21(18-23(22)37-27)26(34)31-14-16-35-17-15-31/h3-5,8-9,12-13,18H,1-2,6-7,10-11,14-17,19H2,(H,30,33)(H,28,29,32). The molecule has 1 aliphatic rings. The van der Waals surface area contributed by atoms with E-state index in [1.807, 2.05) is 42.5 Å². The maximum absolute atomic E-state index is 12.7. The highest BCUT2D eigenvalue weighted by atomic mass is 32.1. The molecule has 0 radical (unpaired) electrons. The van der Waals surface area contributed by atoms with Crippen molar-refractivity contribution in [1.29, 1.82) is 0 Å². The molecule has 0 unspecified atom stereocenters. The second kappa shape index (κ2) is 13.8. The predicted octanol–water partition coefficient (Wildman–Crippen LogP) is 4.30. The molecule has 1 saturated heterocycles. The largest absolute Gasteiger partial charge is 0.378 e. The third kappa shape index (κ3) is 8.34. The van der Waals surface area contributed by atoms with Crippen LogP contribution in [0.2, 0.25) is 0 Å². The Kier molecular flexibility index (Phi) is 9.98. The minimum absolute atomic E-state index is 0.0126. The lowest BCUT2D eigenvalue weighted by Crippen LogP contribution is -2.40. The molecule has 37 heavy (non-hydrogen) atoms. The summed E-state index contributed by atoms with van der Waals surface area (Å²) in [5, 5.41) is 3.40. The van der Waals surface area contributed by atoms with Crippen molar-refractivity contribution in [3.63, 3.8) is 0 Å². The SMILES string of the molecule is O=C(CCCCCCC(=O)Nc1nc2ccc(C(=O)N3CCOCC3)cc2s1)NOCc1ccccc1. The first-order chi connectivity index (χ1) is 18.1. The number of rotatable bonds is 12. The zero-order valence-electron chi connectivity index (χ0n) is 20.7. The molecule has 2 heterocycles. The molecule has 4 rings (SSSR count). The summed E-state index contributed by atoms with van der Waals surface area (Å²) in [4.78, 5) is 48.4. The van der Waals surface area contributed by atoms with Crippen LogP contribution in [0.4, 0.5) is 5.13 Å². The molecule has 0 saturated carbocycles. The van der Waals surface area contributed by atoms with E-state index in [2.05, 4.69) is 15.8 Å². The molecule has 1 aliphatic heterocycles. The number of fused-ring (bicyclic) bond motifs is 1. The maximum Gasteiger partial charge on any atom is 0.254 e. The van der Waals surface area contributed by atoms with Crippen LogP contribution in [0.3, 0.4) is 0 Å². The van der Waals surface area contributed by atoms with E-state index in [1.165, 1.54) is 11.3 Å². The van der Waals surface area contributed by atoms with Crippen LogP contribution < -0.4 is 10.8 Å². The molecule has 1 fully saturated rings. The molecule has 0 aliphatic carbocycles. The second-order valence-electron chi connectivity index (χ2n) is 8.87. The molecule has 0 bridgehead atoms. The minimum Gasteiger partial charge on any atom is -0.378 e. The van der Waals surface area contributed by atoms with E-state index < -0.39 is 0 Å². The quantitative estimate of drug-likeness (QED) is 0.270. The normalized spacial score (nSPS) is 13.5. The smallest absolute Gasteiger partial charge is 0.254 e. The zero-order valence-corrected chi connectivity index (χ0v) is 21.6. The number of unbranched alkanes of at least 4 members (excludes halogenated alkanes) is 3. The Morgan fingerprint density at radius 1 is 0.946 bits per heavy atom. The second-order valence-corrected chi connectivity index (χ2v) is 9.90. The lowest BCUT2D eigenvalue weighted by atomic mass is 10.1. The number of thiazole rings is 1. The number of ether oxygens (including phenoxy) is 1. The average molecular weight is 525 g/mol. The van der Waals surface area contributed by atoms with Crippen LogP contribution in [0.5, 0.6) is 0 Å². The summed E-state index contributed by atoms with van der Waals surface area (Å²) in [6.07, 6.45) is 3.98. The van der Waals surface area contributed by atoms with Gasteiger partial charge in [-0.15, -0.1) is 0 Å². The van der Waals surface area contributed by atoms with Gasteiger partial charge in [0.05, 0.1) is 30.0 Å². The Morgan fingerprint density at radius 3 is 2.43 bits per heavy atom. The van der Waals surface area contributed by atoms with Crippen LogP contribution in [0.25, 0.3) is 10.2 Å². The Balaban J connectivity index is 1.11. The Hall–Kier alpha value is -3.34. The fourth-order valence-electron chi connectivity index (χ4n) is 3.99. The molecule has 0 atom stereocenters. The molecule has 3 aromatic rings. The number of carbonyl (C=O) groups is 3. The molecule has 2 N–H and O–H groups in total. The van der Waals surface area contributed by atoms with Gasteiger partial charge in [0.15, 0.2) is 5.13 Å². The van der Waals surface area contributed by atoms with Gasteiger partial charge in [-0.3, -0.25) is 19.2 Å². The summed E-state index contributed by atoms with van der Waals surface area (Å²) in [7, 11) is 0. The van der Waals surface area contributed by atoms with Crippen LogP contribution in [-0.2, 0) is 25.8 Å². The van der Waals surface area contributed by atoms with Gasteiger partial charge in [-0.2, -0.15) is 0 Å². The van der Waals surface area contributed by atoms with Crippen molar-refractivity contribution in [3.8, 4) is 0 Å². The van der Waals surface area contributed by atoms with Crippen LogP contribution >= 0.6 is 11.3 Å². The number of carbonyl (C=O) groups excluding carboxylic acids is 3. The summed E-state index contributed by atoms with van der Waals surface area (Å²) >= 11 is 1.36. The van der Waals surface area contributed by atoms with Gasteiger partial charge in [-0.1, -0.05) is 54.5 Å². The summed E-state index contributed by atoms with van der Waals surface area (Å²) < 4.78 is 6.18. The van der Waals surface area contributed by atoms with Crippen molar-refractivity contribution in [3.05, 3.63) is 59.7 Å². The van der Waals surface area contributed by atoms with Crippen molar-refractivity contribution in [2.75, 3.05) is 31.6 Å². The van der Waals surface area contributed by atoms with E-state index in [1.54, 1.807) is 11.0 Å². The van der Waals surface area contributed by atoms with Gasteiger partial charge in [-0.05, 0) is 36.6 Å². The van der Waals surface area contributed by atoms with Crippen molar-refractivity contribution in [2.45, 2.75) is 45.1 Å². The first kappa shape index (κ1) is 26.7. The van der Waals surface area contributed by atoms with Crippen molar-refractivity contribution in [2.24, 2.45) is 0 Å². The summed E-state index contributed by atoms with van der Waals surface area (Å²) in [5.74, 6) is -0.239. The number of anilines is 1. The lowest BCUT2D eigenvalue weighted by Gasteiger charge is -2.26. The third-order valence-corrected chi connectivity index (χ3v) is 6.94. The van der Waals surface area contributed by atoms with E-state index in [4.69, 9.17) is 9.57 Å². The molecule has 196 valence electrons. The van der Waals surface area contributed by atoms with E-state index in [0.29, 0.717) is 56.4 Å². The highest BCUT2D eigenvalue weighted by molar-refractivity contribution is 7.22. The first-order valence-electron chi connectivity index (χ1n) is 12.6. The monoisotopic (exact) mass is 524 g/mol.